The lowest BCUT2D eigenvalue weighted by atomic mass is 9.90. The number of nitrogens with zero attached hydrogens (tertiary/aromatic N) is 1. The third-order valence-corrected chi connectivity index (χ3v) is 7.12. The molecule has 1 atom stereocenters. The van der Waals surface area contributed by atoms with E-state index in [0.717, 1.165) is 17.2 Å². The molecule has 0 fully saturated rings. The second kappa shape index (κ2) is 13.0. The lowest BCUT2D eigenvalue weighted by Gasteiger charge is -2.33. The third kappa shape index (κ3) is 7.40. The topological polar surface area (TPSA) is 12.5 Å². The number of halogens is 4. The molecule has 0 saturated heterocycles. The van der Waals surface area contributed by atoms with Gasteiger partial charge in [0, 0.05) is 31.1 Å². The first-order valence-electron chi connectivity index (χ1n) is 12.6. The molecular formula is C32H30ClF3NO. The molecular weight excluding hydrogens is 507 g/mol. The minimum atomic E-state index is -4.51. The standard InChI is InChI=1S/C32H30ClF3NO/c1-24(20-21-38-28-17-9-4-10-18-28)37(22-27-16-11-19-30(31(27)33)32(34,35)36)23-29(25-12-5-2-6-13-25)26-14-7-3-8-15-26/h2-17,19,24,29H,20-23H2,1H3/t24-/m1/s1. The van der Waals surface area contributed by atoms with E-state index in [1.807, 2.05) is 54.6 Å². The van der Waals surface area contributed by atoms with Crippen molar-refractivity contribution in [2.24, 2.45) is 0 Å². The van der Waals surface area contributed by atoms with Gasteiger partial charge >= 0.3 is 6.18 Å². The van der Waals surface area contributed by atoms with Gasteiger partial charge in [0.1, 0.15) is 5.75 Å². The fraction of sp³-hybridized carbons (Fsp3) is 0.250. The van der Waals surface area contributed by atoms with Crippen molar-refractivity contribution >= 4 is 11.6 Å². The molecule has 0 saturated carbocycles. The average molecular weight is 537 g/mol. The number of benzene rings is 4. The Kier molecular flexibility index (Phi) is 9.48. The van der Waals surface area contributed by atoms with E-state index in [4.69, 9.17) is 16.3 Å². The van der Waals surface area contributed by atoms with E-state index in [9.17, 15) is 13.2 Å². The van der Waals surface area contributed by atoms with Crippen LogP contribution in [0.5, 0.6) is 5.75 Å². The molecule has 1 radical (unpaired) electrons. The summed E-state index contributed by atoms with van der Waals surface area (Å²) in [6, 6.07) is 34.9. The van der Waals surface area contributed by atoms with Gasteiger partial charge in [-0.25, -0.2) is 0 Å². The molecule has 0 spiro atoms. The van der Waals surface area contributed by atoms with Crippen LogP contribution in [0.3, 0.4) is 0 Å². The molecule has 0 heterocycles. The van der Waals surface area contributed by atoms with Crippen LogP contribution in [0.25, 0.3) is 0 Å². The Balaban J connectivity index is 1.62. The number of ether oxygens (including phenoxy) is 1. The van der Waals surface area contributed by atoms with Crippen molar-refractivity contribution < 1.29 is 17.9 Å². The van der Waals surface area contributed by atoms with E-state index in [-0.39, 0.29) is 23.5 Å². The first-order chi connectivity index (χ1) is 18.3. The minimum absolute atomic E-state index is 0.000698. The fourth-order valence-electron chi connectivity index (χ4n) is 4.54. The highest BCUT2D eigenvalue weighted by Gasteiger charge is 2.34. The molecule has 2 nitrogen and oxygen atoms in total. The van der Waals surface area contributed by atoms with Gasteiger partial charge in [0.15, 0.2) is 0 Å². The van der Waals surface area contributed by atoms with Gasteiger partial charge in [-0.05, 0) is 42.2 Å². The average Bonchev–Trinajstić information content (AvgIpc) is 2.92. The summed E-state index contributed by atoms with van der Waals surface area (Å²) < 4.78 is 46.6. The Hall–Kier alpha value is -3.28. The van der Waals surface area contributed by atoms with Crippen LogP contribution in [0.1, 0.15) is 41.5 Å². The van der Waals surface area contributed by atoms with Crippen molar-refractivity contribution in [1.82, 2.24) is 4.90 Å². The van der Waals surface area contributed by atoms with Crippen LogP contribution in [0.15, 0.2) is 103 Å². The van der Waals surface area contributed by atoms with Gasteiger partial charge in [-0.15, -0.1) is 0 Å². The Bertz CT molecular complexity index is 1230. The first kappa shape index (κ1) is 27.7. The van der Waals surface area contributed by atoms with Crippen LogP contribution in [0, 0.1) is 6.07 Å². The van der Waals surface area contributed by atoms with E-state index in [1.54, 1.807) is 12.1 Å². The van der Waals surface area contributed by atoms with Gasteiger partial charge in [-0.2, -0.15) is 13.2 Å². The van der Waals surface area contributed by atoms with Crippen molar-refractivity contribution in [2.45, 2.75) is 38.0 Å². The lowest BCUT2D eigenvalue weighted by molar-refractivity contribution is -0.137. The Morgan fingerprint density at radius 3 is 2.05 bits per heavy atom. The predicted octanol–water partition coefficient (Wildman–Crippen LogP) is 8.65. The molecule has 0 amide bonds. The largest absolute Gasteiger partial charge is 0.493 e. The van der Waals surface area contributed by atoms with Crippen LogP contribution in [0.4, 0.5) is 13.2 Å². The second-order valence-electron chi connectivity index (χ2n) is 9.29. The van der Waals surface area contributed by atoms with Crippen LogP contribution in [0.2, 0.25) is 5.02 Å². The summed E-state index contributed by atoms with van der Waals surface area (Å²) in [5.41, 5.74) is 1.92. The highest BCUT2D eigenvalue weighted by atomic mass is 35.5. The summed E-state index contributed by atoms with van der Waals surface area (Å²) in [6.07, 6.45) is -3.84. The third-order valence-electron chi connectivity index (χ3n) is 6.68. The molecule has 0 aromatic heterocycles. The van der Waals surface area contributed by atoms with Crippen LogP contribution in [-0.2, 0) is 12.7 Å². The first-order valence-corrected chi connectivity index (χ1v) is 13.0. The number of rotatable bonds is 11. The van der Waals surface area contributed by atoms with Gasteiger partial charge in [-0.1, -0.05) is 103 Å². The van der Waals surface area contributed by atoms with E-state index in [2.05, 4.69) is 42.2 Å². The molecule has 0 N–H and O–H groups in total. The maximum absolute atomic E-state index is 13.6. The number of hydrogen-bond acceptors (Lipinski definition) is 2. The second-order valence-corrected chi connectivity index (χ2v) is 9.67. The summed E-state index contributed by atoms with van der Waals surface area (Å²) in [4.78, 5) is 2.20. The van der Waals surface area contributed by atoms with Gasteiger partial charge < -0.3 is 4.74 Å². The maximum Gasteiger partial charge on any atom is 0.417 e. The Morgan fingerprint density at radius 2 is 1.47 bits per heavy atom. The molecule has 0 unspecified atom stereocenters. The monoisotopic (exact) mass is 536 g/mol. The summed E-state index contributed by atoms with van der Waals surface area (Å²) in [5.74, 6) is 0.686. The van der Waals surface area contributed by atoms with Gasteiger partial charge in [0.2, 0.25) is 0 Å². The van der Waals surface area contributed by atoms with E-state index in [1.165, 1.54) is 6.07 Å². The maximum atomic E-state index is 13.6. The zero-order chi connectivity index (χ0) is 27.0. The summed E-state index contributed by atoms with van der Waals surface area (Å²) in [6.45, 7) is 3.40. The van der Waals surface area contributed by atoms with Gasteiger partial charge in [0.05, 0.1) is 17.2 Å². The zero-order valence-corrected chi connectivity index (χ0v) is 21.9. The van der Waals surface area contributed by atoms with Crippen molar-refractivity contribution in [3.8, 4) is 5.75 Å². The minimum Gasteiger partial charge on any atom is -0.493 e. The summed E-state index contributed by atoms with van der Waals surface area (Å²) in [7, 11) is 0. The number of hydrogen-bond donors (Lipinski definition) is 0. The van der Waals surface area contributed by atoms with Crippen LogP contribution >= 0.6 is 11.6 Å². The van der Waals surface area contributed by atoms with Crippen molar-refractivity contribution in [2.75, 3.05) is 13.2 Å². The molecule has 0 aliphatic rings. The van der Waals surface area contributed by atoms with Crippen molar-refractivity contribution in [3.63, 3.8) is 0 Å². The molecule has 4 aromatic carbocycles. The lowest BCUT2D eigenvalue weighted by Crippen LogP contribution is -2.37. The zero-order valence-electron chi connectivity index (χ0n) is 21.2. The molecule has 4 aromatic rings. The van der Waals surface area contributed by atoms with E-state index >= 15 is 0 Å². The molecule has 38 heavy (non-hydrogen) atoms. The summed E-state index contributed by atoms with van der Waals surface area (Å²) in [5, 5.41) is -0.247. The molecule has 4 rings (SSSR count). The predicted molar refractivity (Wildman–Crippen MR) is 146 cm³/mol. The highest BCUT2D eigenvalue weighted by Crippen LogP contribution is 2.37. The molecule has 6 heteroatoms. The van der Waals surface area contributed by atoms with Gasteiger partial charge in [0.25, 0.3) is 0 Å². The molecule has 197 valence electrons. The summed E-state index contributed by atoms with van der Waals surface area (Å²) >= 11 is 6.32. The SMILES string of the molecule is C[C@H](CCOc1[c]cccc1)N(Cc1cccc(C(F)(F)F)c1Cl)CC(c1ccccc1)c1ccccc1. The van der Waals surface area contributed by atoms with E-state index < -0.39 is 11.7 Å². The molecule has 0 aliphatic carbocycles. The van der Waals surface area contributed by atoms with Crippen molar-refractivity contribution in [1.29, 1.82) is 0 Å². The van der Waals surface area contributed by atoms with E-state index in [0.29, 0.717) is 30.9 Å². The normalized spacial score (nSPS) is 12.6. The molecule has 0 bridgehead atoms. The number of para-hydroxylation sites is 1. The Morgan fingerprint density at radius 1 is 0.842 bits per heavy atom. The van der Waals surface area contributed by atoms with Crippen LogP contribution < -0.4 is 4.74 Å². The van der Waals surface area contributed by atoms with Crippen molar-refractivity contribution in [3.05, 3.63) is 136 Å². The number of alkyl halides is 3. The Labute approximate surface area is 227 Å². The van der Waals surface area contributed by atoms with Gasteiger partial charge in [-0.3, -0.25) is 4.90 Å². The highest BCUT2D eigenvalue weighted by molar-refractivity contribution is 6.32. The fourth-order valence-corrected chi connectivity index (χ4v) is 4.83. The molecule has 0 aliphatic heterocycles. The smallest absolute Gasteiger partial charge is 0.417 e. The van der Waals surface area contributed by atoms with Crippen LogP contribution in [-0.4, -0.2) is 24.1 Å². The quantitative estimate of drug-likeness (QED) is 0.190.